The van der Waals surface area contributed by atoms with Crippen LogP contribution in [0, 0.1) is 0 Å². The van der Waals surface area contributed by atoms with Crippen LogP contribution in [0.25, 0.3) is 0 Å². The summed E-state index contributed by atoms with van der Waals surface area (Å²) in [7, 11) is 0. The molecule has 36 heavy (non-hydrogen) atoms. The van der Waals surface area contributed by atoms with E-state index in [1.54, 1.807) is 0 Å². The molecule has 0 unspecified atom stereocenters. The molecule has 0 spiro atoms. The van der Waals surface area contributed by atoms with Crippen LogP contribution >= 0.6 is 0 Å². The first kappa shape index (κ1) is 26.2. The van der Waals surface area contributed by atoms with Crippen molar-refractivity contribution in [3.8, 4) is 0 Å². The summed E-state index contributed by atoms with van der Waals surface area (Å²) in [4.78, 5) is 48.1. The van der Waals surface area contributed by atoms with Crippen LogP contribution in [-0.4, -0.2) is 69.9 Å². The number of nitrogens with zero attached hydrogens (tertiary/aromatic N) is 2. The Morgan fingerprint density at radius 3 is 1.42 bits per heavy atom. The zero-order chi connectivity index (χ0) is 25.9. The molecule has 2 amide bonds. The fourth-order valence-corrected chi connectivity index (χ4v) is 4.01. The van der Waals surface area contributed by atoms with Gasteiger partial charge in [-0.05, 0) is 16.7 Å². The second kappa shape index (κ2) is 12.9. The highest BCUT2D eigenvalue weighted by Gasteiger charge is 2.30. The number of carboxylic acids is 2. The molecule has 3 aromatic rings. The lowest BCUT2D eigenvalue weighted by molar-refractivity contribution is -0.159. The Bertz CT molecular complexity index is 1110. The molecular formula is C28H28N2O6. The van der Waals surface area contributed by atoms with Crippen molar-refractivity contribution < 1.29 is 29.4 Å². The second-order valence-electron chi connectivity index (χ2n) is 8.23. The minimum Gasteiger partial charge on any atom is -0.473 e. The molecule has 0 aromatic heterocycles. The molecule has 3 aromatic carbocycles. The van der Waals surface area contributed by atoms with E-state index in [0.717, 1.165) is 16.7 Å². The SMILES string of the molecule is O=C(Cc1ccccc1)N1CCN(C(=O)C(c2ccccc2)c2ccccc2)CC1.O=C(O)C(=O)O. The molecule has 0 atom stereocenters. The van der Waals surface area contributed by atoms with Crippen molar-refractivity contribution in [2.24, 2.45) is 0 Å². The maximum Gasteiger partial charge on any atom is 0.414 e. The van der Waals surface area contributed by atoms with E-state index < -0.39 is 11.9 Å². The molecule has 2 N–H and O–H groups in total. The normalized spacial score (nSPS) is 12.9. The third kappa shape index (κ3) is 7.27. The van der Waals surface area contributed by atoms with Crippen molar-refractivity contribution in [2.45, 2.75) is 12.3 Å². The van der Waals surface area contributed by atoms with Crippen molar-refractivity contribution in [3.63, 3.8) is 0 Å². The minimum atomic E-state index is -1.82. The van der Waals surface area contributed by atoms with Gasteiger partial charge in [0.2, 0.25) is 11.8 Å². The lowest BCUT2D eigenvalue weighted by Crippen LogP contribution is -2.52. The highest BCUT2D eigenvalue weighted by atomic mass is 16.4. The maximum atomic E-state index is 13.5. The Labute approximate surface area is 209 Å². The number of carbonyl (C=O) groups is 4. The molecule has 1 aliphatic heterocycles. The van der Waals surface area contributed by atoms with Crippen LogP contribution in [0.1, 0.15) is 22.6 Å². The van der Waals surface area contributed by atoms with Gasteiger partial charge in [-0.3, -0.25) is 9.59 Å². The van der Waals surface area contributed by atoms with Crippen LogP contribution in [0.2, 0.25) is 0 Å². The maximum absolute atomic E-state index is 13.5. The van der Waals surface area contributed by atoms with Gasteiger partial charge < -0.3 is 20.0 Å². The predicted molar refractivity (Wildman–Crippen MR) is 133 cm³/mol. The first-order valence-corrected chi connectivity index (χ1v) is 11.5. The van der Waals surface area contributed by atoms with E-state index in [1.807, 2.05) is 101 Å². The van der Waals surface area contributed by atoms with Gasteiger partial charge in [0.15, 0.2) is 0 Å². The van der Waals surface area contributed by atoms with E-state index in [1.165, 1.54) is 0 Å². The zero-order valence-electron chi connectivity index (χ0n) is 19.7. The van der Waals surface area contributed by atoms with Crippen molar-refractivity contribution in [1.82, 2.24) is 9.80 Å². The molecule has 8 nitrogen and oxygen atoms in total. The summed E-state index contributed by atoms with van der Waals surface area (Å²) < 4.78 is 0. The van der Waals surface area contributed by atoms with E-state index in [4.69, 9.17) is 19.8 Å². The van der Waals surface area contributed by atoms with Gasteiger partial charge in [-0.15, -0.1) is 0 Å². The molecule has 0 radical (unpaired) electrons. The van der Waals surface area contributed by atoms with Crippen molar-refractivity contribution in [3.05, 3.63) is 108 Å². The Morgan fingerprint density at radius 2 is 1.00 bits per heavy atom. The summed E-state index contributed by atoms with van der Waals surface area (Å²) in [5, 5.41) is 14.8. The Hall–Kier alpha value is -4.46. The molecule has 1 fully saturated rings. The summed E-state index contributed by atoms with van der Waals surface area (Å²) >= 11 is 0. The number of hydrogen-bond acceptors (Lipinski definition) is 4. The van der Waals surface area contributed by atoms with Crippen LogP contribution in [0.3, 0.4) is 0 Å². The van der Waals surface area contributed by atoms with Crippen LogP contribution in [0.4, 0.5) is 0 Å². The van der Waals surface area contributed by atoms with E-state index in [2.05, 4.69) is 0 Å². The molecule has 1 aliphatic rings. The van der Waals surface area contributed by atoms with Gasteiger partial charge in [-0.2, -0.15) is 0 Å². The number of carbonyl (C=O) groups excluding carboxylic acids is 2. The summed E-state index contributed by atoms with van der Waals surface area (Å²) in [5.74, 6) is -3.75. The third-order valence-electron chi connectivity index (χ3n) is 5.84. The highest BCUT2D eigenvalue weighted by Crippen LogP contribution is 2.27. The fourth-order valence-electron chi connectivity index (χ4n) is 4.01. The topological polar surface area (TPSA) is 115 Å². The number of piperazine rings is 1. The molecule has 8 heteroatoms. The van der Waals surface area contributed by atoms with Gasteiger partial charge in [-0.1, -0.05) is 91.0 Å². The first-order chi connectivity index (χ1) is 17.4. The number of carboxylic acid groups (broad SMARTS) is 2. The summed E-state index contributed by atoms with van der Waals surface area (Å²) in [6, 6.07) is 29.7. The molecule has 0 saturated carbocycles. The number of hydrogen-bond donors (Lipinski definition) is 2. The number of benzene rings is 3. The van der Waals surface area contributed by atoms with Crippen molar-refractivity contribution in [2.75, 3.05) is 26.2 Å². The highest BCUT2D eigenvalue weighted by molar-refractivity contribution is 6.27. The van der Waals surface area contributed by atoms with Crippen molar-refractivity contribution in [1.29, 1.82) is 0 Å². The second-order valence-corrected chi connectivity index (χ2v) is 8.23. The van der Waals surface area contributed by atoms with Crippen molar-refractivity contribution >= 4 is 23.8 Å². The average Bonchev–Trinajstić information content (AvgIpc) is 2.91. The van der Waals surface area contributed by atoms with Gasteiger partial charge in [-0.25, -0.2) is 9.59 Å². The van der Waals surface area contributed by atoms with Crippen LogP contribution in [-0.2, 0) is 25.6 Å². The van der Waals surface area contributed by atoms with Gasteiger partial charge in [0, 0.05) is 26.2 Å². The Morgan fingerprint density at radius 1 is 0.611 bits per heavy atom. The van der Waals surface area contributed by atoms with Gasteiger partial charge in [0.25, 0.3) is 0 Å². The smallest absolute Gasteiger partial charge is 0.414 e. The number of aliphatic carboxylic acids is 2. The molecule has 1 heterocycles. The summed E-state index contributed by atoms with van der Waals surface area (Å²) in [6.45, 7) is 2.28. The minimum absolute atomic E-state index is 0.0996. The molecular weight excluding hydrogens is 460 g/mol. The standard InChI is InChI=1S/C26H26N2O2.C2H2O4/c29-24(20-21-10-4-1-5-11-21)27-16-18-28(19-17-27)26(30)25(22-12-6-2-7-13-22)23-14-8-3-9-15-23;3-1(4)2(5)6/h1-15,25H,16-20H2;(H,3,4)(H,5,6). The van der Waals surface area contributed by atoms with Crippen LogP contribution in [0.5, 0.6) is 0 Å². The van der Waals surface area contributed by atoms with E-state index in [0.29, 0.717) is 32.6 Å². The molecule has 186 valence electrons. The third-order valence-corrected chi connectivity index (χ3v) is 5.84. The Balaban J connectivity index is 0.000000538. The largest absolute Gasteiger partial charge is 0.473 e. The lowest BCUT2D eigenvalue weighted by atomic mass is 9.90. The molecule has 0 bridgehead atoms. The van der Waals surface area contributed by atoms with Crippen LogP contribution < -0.4 is 0 Å². The van der Waals surface area contributed by atoms with Gasteiger partial charge in [0.1, 0.15) is 0 Å². The molecule has 1 saturated heterocycles. The molecule has 4 rings (SSSR count). The van der Waals surface area contributed by atoms with Gasteiger partial charge >= 0.3 is 11.9 Å². The first-order valence-electron chi connectivity index (χ1n) is 11.5. The zero-order valence-corrected chi connectivity index (χ0v) is 19.7. The van der Waals surface area contributed by atoms with Gasteiger partial charge in [0.05, 0.1) is 12.3 Å². The number of amides is 2. The monoisotopic (exact) mass is 488 g/mol. The summed E-state index contributed by atoms with van der Waals surface area (Å²) in [6.07, 6.45) is 0.408. The lowest BCUT2D eigenvalue weighted by Gasteiger charge is -2.36. The Kier molecular flexibility index (Phi) is 9.33. The fraction of sp³-hybridized carbons (Fsp3) is 0.214. The van der Waals surface area contributed by atoms with E-state index in [9.17, 15) is 9.59 Å². The summed E-state index contributed by atoms with van der Waals surface area (Å²) in [5.41, 5.74) is 3.02. The predicted octanol–water partition coefficient (Wildman–Crippen LogP) is 2.89. The van der Waals surface area contributed by atoms with E-state index >= 15 is 0 Å². The quantitative estimate of drug-likeness (QED) is 0.534. The average molecular weight is 489 g/mol. The molecule has 0 aliphatic carbocycles. The number of rotatable bonds is 5. The van der Waals surface area contributed by atoms with E-state index in [-0.39, 0.29) is 17.7 Å². The van der Waals surface area contributed by atoms with Crippen LogP contribution in [0.15, 0.2) is 91.0 Å².